The second kappa shape index (κ2) is 6.01. The Balaban J connectivity index is 2.05. The Kier molecular flexibility index (Phi) is 4.15. The summed E-state index contributed by atoms with van der Waals surface area (Å²) in [6.45, 7) is 4.70. The molecule has 0 fully saturated rings. The number of nitriles is 1. The second-order valence-electron chi connectivity index (χ2n) is 4.56. The highest BCUT2D eigenvalue weighted by atomic mass is 15.0. The molecule has 3 nitrogen and oxygen atoms in total. The van der Waals surface area contributed by atoms with Crippen molar-refractivity contribution in [2.24, 2.45) is 0 Å². The first-order valence-corrected chi connectivity index (χ1v) is 6.36. The van der Waals surface area contributed by atoms with Crippen LogP contribution in [0.2, 0.25) is 0 Å². The highest BCUT2D eigenvalue weighted by Gasteiger charge is 2.08. The van der Waals surface area contributed by atoms with E-state index in [-0.39, 0.29) is 0 Å². The third-order valence-electron chi connectivity index (χ3n) is 3.25. The van der Waals surface area contributed by atoms with Crippen LogP contribution in [0.4, 0.5) is 5.82 Å². The number of benzene rings is 1. The normalized spacial score (nSPS) is 9.95. The molecule has 1 aromatic heterocycles. The summed E-state index contributed by atoms with van der Waals surface area (Å²) in [5.74, 6) is 0.682. The van der Waals surface area contributed by atoms with Gasteiger partial charge in [-0.2, -0.15) is 5.26 Å². The number of nitrogens with zero attached hydrogens (tertiary/aromatic N) is 2. The van der Waals surface area contributed by atoms with Crippen LogP contribution in [0.1, 0.15) is 22.3 Å². The van der Waals surface area contributed by atoms with Crippen LogP contribution in [0.15, 0.2) is 36.5 Å². The molecule has 0 saturated carbocycles. The molecule has 0 bridgehead atoms. The predicted molar refractivity (Wildman–Crippen MR) is 77.1 cm³/mol. The van der Waals surface area contributed by atoms with Gasteiger partial charge < -0.3 is 5.32 Å². The van der Waals surface area contributed by atoms with Crippen molar-refractivity contribution in [3.63, 3.8) is 0 Å². The minimum absolute atomic E-state index is 0.646. The molecule has 96 valence electrons. The topological polar surface area (TPSA) is 48.7 Å². The van der Waals surface area contributed by atoms with E-state index in [4.69, 9.17) is 0 Å². The van der Waals surface area contributed by atoms with E-state index in [0.29, 0.717) is 11.4 Å². The number of hydrogen-bond acceptors (Lipinski definition) is 3. The van der Waals surface area contributed by atoms with Crippen LogP contribution in [-0.2, 0) is 6.42 Å². The Morgan fingerprint density at radius 1 is 1.21 bits per heavy atom. The molecule has 0 saturated heterocycles. The lowest BCUT2D eigenvalue weighted by molar-refractivity contribution is 1.00. The highest BCUT2D eigenvalue weighted by molar-refractivity contribution is 5.57. The minimum Gasteiger partial charge on any atom is -0.369 e. The molecule has 0 aliphatic rings. The number of rotatable bonds is 4. The zero-order valence-corrected chi connectivity index (χ0v) is 11.3. The van der Waals surface area contributed by atoms with Crippen molar-refractivity contribution < 1.29 is 0 Å². The maximum Gasteiger partial charge on any atom is 0.144 e. The molecule has 0 unspecified atom stereocenters. The van der Waals surface area contributed by atoms with Crippen molar-refractivity contribution >= 4 is 5.82 Å². The lowest BCUT2D eigenvalue weighted by Gasteiger charge is -2.10. The first kappa shape index (κ1) is 13.1. The van der Waals surface area contributed by atoms with Crippen LogP contribution in [0.5, 0.6) is 0 Å². The summed E-state index contributed by atoms with van der Waals surface area (Å²) >= 11 is 0. The van der Waals surface area contributed by atoms with E-state index in [1.807, 2.05) is 32.0 Å². The van der Waals surface area contributed by atoms with E-state index in [1.54, 1.807) is 6.20 Å². The largest absolute Gasteiger partial charge is 0.369 e. The predicted octanol–water partition coefficient (Wildman–Crippen LogP) is 3.22. The molecule has 0 atom stereocenters. The van der Waals surface area contributed by atoms with Gasteiger partial charge in [0, 0.05) is 12.7 Å². The van der Waals surface area contributed by atoms with Gasteiger partial charge in [0.05, 0.1) is 5.56 Å². The van der Waals surface area contributed by atoms with Gasteiger partial charge in [-0.25, -0.2) is 4.98 Å². The molecule has 0 aliphatic carbocycles. The molecule has 0 spiro atoms. The second-order valence-corrected chi connectivity index (χ2v) is 4.56. The summed E-state index contributed by atoms with van der Waals surface area (Å²) in [5.41, 5.74) is 3.97. The van der Waals surface area contributed by atoms with Crippen LogP contribution in [0.25, 0.3) is 0 Å². The van der Waals surface area contributed by atoms with E-state index < -0.39 is 0 Å². The Labute approximate surface area is 113 Å². The maximum atomic E-state index is 9.21. The van der Waals surface area contributed by atoms with Crippen LogP contribution in [-0.4, -0.2) is 11.5 Å². The van der Waals surface area contributed by atoms with Gasteiger partial charge in [0.1, 0.15) is 11.9 Å². The average molecular weight is 251 g/mol. The summed E-state index contributed by atoms with van der Waals surface area (Å²) in [7, 11) is 0. The van der Waals surface area contributed by atoms with E-state index >= 15 is 0 Å². The Hall–Kier alpha value is -2.34. The zero-order chi connectivity index (χ0) is 13.7. The van der Waals surface area contributed by atoms with Crippen LogP contribution in [0.3, 0.4) is 0 Å². The van der Waals surface area contributed by atoms with Crippen molar-refractivity contribution in [1.82, 2.24) is 4.98 Å². The molecule has 3 heteroatoms. The molecular formula is C16H17N3. The molecule has 19 heavy (non-hydrogen) atoms. The molecule has 1 heterocycles. The quantitative estimate of drug-likeness (QED) is 0.907. The highest BCUT2D eigenvalue weighted by Crippen LogP contribution is 2.18. The van der Waals surface area contributed by atoms with E-state index in [1.165, 1.54) is 5.56 Å². The number of aryl methyl sites for hydroxylation is 1. The van der Waals surface area contributed by atoms with Crippen molar-refractivity contribution in [2.75, 3.05) is 11.9 Å². The number of aromatic nitrogens is 1. The van der Waals surface area contributed by atoms with E-state index in [0.717, 1.165) is 24.1 Å². The van der Waals surface area contributed by atoms with Crippen LogP contribution < -0.4 is 5.32 Å². The minimum atomic E-state index is 0.646. The van der Waals surface area contributed by atoms with Gasteiger partial charge in [-0.1, -0.05) is 30.3 Å². The van der Waals surface area contributed by atoms with Gasteiger partial charge in [-0.05, 0) is 37.0 Å². The summed E-state index contributed by atoms with van der Waals surface area (Å²) in [6, 6.07) is 12.5. The van der Waals surface area contributed by atoms with Crippen LogP contribution >= 0.6 is 0 Å². The number of hydrogen-bond donors (Lipinski definition) is 1. The first-order valence-electron chi connectivity index (χ1n) is 6.36. The summed E-state index contributed by atoms with van der Waals surface area (Å²) in [5, 5.41) is 12.5. The fourth-order valence-electron chi connectivity index (χ4n) is 1.94. The van der Waals surface area contributed by atoms with E-state index in [2.05, 4.69) is 28.5 Å². The average Bonchev–Trinajstić information content (AvgIpc) is 2.44. The third-order valence-corrected chi connectivity index (χ3v) is 3.25. The smallest absolute Gasteiger partial charge is 0.144 e. The molecule has 0 radical (unpaired) electrons. The fourth-order valence-corrected chi connectivity index (χ4v) is 1.94. The van der Waals surface area contributed by atoms with Crippen molar-refractivity contribution in [3.05, 3.63) is 58.8 Å². The van der Waals surface area contributed by atoms with Gasteiger partial charge in [0.15, 0.2) is 0 Å². The van der Waals surface area contributed by atoms with Gasteiger partial charge in [-0.15, -0.1) is 0 Å². The molecule has 1 N–H and O–H groups in total. The van der Waals surface area contributed by atoms with Gasteiger partial charge in [0.25, 0.3) is 0 Å². The number of nitrogens with one attached hydrogen (secondary N) is 1. The van der Waals surface area contributed by atoms with Gasteiger partial charge >= 0.3 is 0 Å². The lowest BCUT2D eigenvalue weighted by atomic mass is 10.1. The molecule has 1 aromatic carbocycles. The Morgan fingerprint density at radius 2 is 1.95 bits per heavy atom. The summed E-state index contributed by atoms with van der Waals surface area (Å²) in [4.78, 5) is 4.31. The molecule has 2 rings (SSSR count). The molecule has 0 amide bonds. The molecule has 2 aromatic rings. The standard InChI is InChI=1S/C16H17N3/c1-12-11-19-16(15(10-17)13(12)2)18-9-8-14-6-4-3-5-7-14/h3-7,11H,8-9H2,1-2H3,(H,18,19). The Bertz CT molecular complexity index is 597. The SMILES string of the molecule is Cc1cnc(NCCc2ccccc2)c(C#N)c1C. The lowest BCUT2D eigenvalue weighted by Crippen LogP contribution is -2.09. The zero-order valence-electron chi connectivity index (χ0n) is 11.3. The molecular weight excluding hydrogens is 234 g/mol. The van der Waals surface area contributed by atoms with Gasteiger partial charge in [0.2, 0.25) is 0 Å². The monoisotopic (exact) mass is 251 g/mol. The third kappa shape index (κ3) is 3.11. The fraction of sp³-hybridized carbons (Fsp3) is 0.250. The van der Waals surface area contributed by atoms with Crippen LogP contribution in [0, 0.1) is 25.2 Å². The van der Waals surface area contributed by atoms with Gasteiger partial charge in [-0.3, -0.25) is 0 Å². The van der Waals surface area contributed by atoms with Crippen molar-refractivity contribution in [1.29, 1.82) is 5.26 Å². The summed E-state index contributed by atoms with van der Waals surface area (Å²) < 4.78 is 0. The Morgan fingerprint density at radius 3 is 2.63 bits per heavy atom. The number of anilines is 1. The van der Waals surface area contributed by atoms with Crippen molar-refractivity contribution in [2.45, 2.75) is 20.3 Å². The maximum absolute atomic E-state index is 9.21. The number of pyridine rings is 1. The van der Waals surface area contributed by atoms with Crippen molar-refractivity contribution in [3.8, 4) is 6.07 Å². The molecule has 0 aliphatic heterocycles. The van der Waals surface area contributed by atoms with E-state index in [9.17, 15) is 5.26 Å². The summed E-state index contributed by atoms with van der Waals surface area (Å²) in [6.07, 6.45) is 2.72. The first-order chi connectivity index (χ1) is 9.22.